The molecule has 0 atom stereocenters. The lowest BCUT2D eigenvalue weighted by atomic mass is 9.95. The molecule has 5 nitrogen and oxygen atoms in total. The van der Waals surface area contributed by atoms with Gasteiger partial charge >= 0.3 is 0 Å². The summed E-state index contributed by atoms with van der Waals surface area (Å²) < 4.78 is 5.94. The summed E-state index contributed by atoms with van der Waals surface area (Å²) in [5.74, 6) is 1.80. The highest BCUT2D eigenvalue weighted by molar-refractivity contribution is 5.78. The van der Waals surface area contributed by atoms with E-state index in [0.717, 1.165) is 55.1 Å². The van der Waals surface area contributed by atoms with Gasteiger partial charge in [0.25, 0.3) is 0 Å². The number of oxazole rings is 1. The average molecular weight is 418 g/mol. The van der Waals surface area contributed by atoms with E-state index in [9.17, 15) is 4.79 Å². The minimum Gasteiger partial charge on any atom is -0.441 e. The molecule has 5 heteroatoms. The Labute approximate surface area is 184 Å². The van der Waals surface area contributed by atoms with Gasteiger partial charge in [0.05, 0.1) is 5.69 Å². The number of carbonyl (C=O) groups excluding carboxylic acids is 1. The van der Waals surface area contributed by atoms with Crippen molar-refractivity contribution in [1.29, 1.82) is 0 Å². The first-order valence-electron chi connectivity index (χ1n) is 11.1. The van der Waals surface area contributed by atoms with Crippen LogP contribution in [0, 0.1) is 26.7 Å². The second-order valence-corrected chi connectivity index (χ2v) is 8.65. The van der Waals surface area contributed by atoms with Gasteiger partial charge in [-0.2, -0.15) is 0 Å². The number of benzene rings is 2. The van der Waals surface area contributed by atoms with E-state index in [1.165, 1.54) is 11.1 Å². The molecule has 2 aromatic carbocycles. The summed E-state index contributed by atoms with van der Waals surface area (Å²) in [6, 6.07) is 16.5. The fourth-order valence-electron chi connectivity index (χ4n) is 4.20. The van der Waals surface area contributed by atoms with Crippen LogP contribution < -0.4 is 5.32 Å². The lowest BCUT2D eigenvalue weighted by Gasteiger charge is -2.30. The van der Waals surface area contributed by atoms with Gasteiger partial charge in [-0.1, -0.05) is 47.5 Å². The van der Waals surface area contributed by atoms with Crippen LogP contribution in [0.1, 0.15) is 41.0 Å². The largest absolute Gasteiger partial charge is 0.441 e. The number of aryl methyl sites for hydroxylation is 3. The quantitative estimate of drug-likeness (QED) is 0.626. The monoisotopic (exact) mass is 417 g/mol. The van der Waals surface area contributed by atoms with E-state index in [2.05, 4.69) is 54.4 Å². The molecule has 2 heterocycles. The van der Waals surface area contributed by atoms with E-state index in [-0.39, 0.29) is 11.8 Å². The second kappa shape index (κ2) is 9.48. The van der Waals surface area contributed by atoms with Crippen LogP contribution in [0.4, 0.5) is 0 Å². The number of amides is 1. The van der Waals surface area contributed by atoms with Gasteiger partial charge in [0.15, 0.2) is 0 Å². The van der Waals surface area contributed by atoms with Crippen LogP contribution in [-0.4, -0.2) is 28.9 Å². The highest BCUT2D eigenvalue weighted by Gasteiger charge is 2.26. The molecule has 0 aliphatic carbocycles. The number of carbonyl (C=O) groups is 1. The van der Waals surface area contributed by atoms with Crippen LogP contribution in [-0.2, 0) is 17.9 Å². The van der Waals surface area contributed by atoms with Crippen LogP contribution in [0.3, 0.4) is 0 Å². The Morgan fingerprint density at radius 2 is 1.77 bits per heavy atom. The maximum atomic E-state index is 12.6. The highest BCUT2D eigenvalue weighted by Crippen LogP contribution is 2.25. The molecule has 162 valence electrons. The first-order chi connectivity index (χ1) is 15.0. The van der Waals surface area contributed by atoms with Crippen molar-refractivity contribution in [3.8, 4) is 11.5 Å². The Bertz CT molecular complexity index is 1050. The van der Waals surface area contributed by atoms with Gasteiger partial charge in [-0.15, -0.1) is 0 Å². The fraction of sp³-hybridized carbons (Fsp3) is 0.385. The van der Waals surface area contributed by atoms with Gasteiger partial charge in [-0.25, -0.2) is 4.98 Å². The third-order valence-electron chi connectivity index (χ3n) is 6.04. The van der Waals surface area contributed by atoms with E-state index < -0.39 is 0 Å². The zero-order valence-electron chi connectivity index (χ0n) is 18.6. The third-order valence-corrected chi connectivity index (χ3v) is 6.04. The molecule has 1 aliphatic heterocycles. The predicted molar refractivity (Wildman–Crippen MR) is 122 cm³/mol. The first-order valence-corrected chi connectivity index (χ1v) is 11.1. The summed E-state index contributed by atoms with van der Waals surface area (Å²) in [5.41, 5.74) is 5.56. The lowest BCUT2D eigenvalue weighted by molar-refractivity contribution is -0.126. The summed E-state index contributed by atoms with van der Waals surface area (Å²) in [4.78, 5) is 19.7. The Kier molecular flexibility index (Phi) is 6.52. The zero-order valence-corrected chi connectivity index (χ0v) is 18.6. The van der Waals surface area contributed by atoms with E-state index in [1.54, 1.807) is 0 Å². The van der Waals surface area contributed by atoms with Gasteiger partial charge in [0, 0.05) is 24.6 Å². The SMILES string of the molecule is Cc1cccc(CNC(=O)C2CCN(Cc3nc(-c4cccc(C)c4)oc3C)CC2)c1. The molecule has 1 aliphatic rings. The number of hydrogen-bond donors (Lipinski definition) is 1. The lowest BCUT2D eigenvalue weighted by Crippen LogP contribution is -2.40. The van der Waals surface area contributed by atoms with Crippen molar-refractivity contribution in [1.82, 2.24) is 15.2 Å². The topological polar surface area (TPSA) is 58.4 Å². The average Bonchev–Trinajstić information content (AvgIpc) is 3.13. The van der Waals surface area contributed by atoms with Crippen LogP contribution in [0.2, 0.25) is 0 Å². The number of likely N-dealkylation sites (tertiary alicyclic amines) is 1. The smallest absolute Gasteiger partial charge is 0.226 e. The molecule has 1 N–H and O–H groups in total. The molecule has 1 saturated heterocycles. The second-order valence-electron chi connectivity index (χ2n) is 8.65. The maximum absolute atomic E-state index is 12.6. The van der Waals surface area contributed by atoms with E-state index in [4.69, 9.17) is 9.40 Å². The number of rotatable bonds is 6. The zero-order chi connectivity index (χ0) is 21.8. The molecule has 4 rings (SSSR count). The van der Waals surface area contributed by atoms with Crippen molar-refractivity contribution < 1.29 is 9.21 Å². The molecule has 0 radical (unpaired) electrons. The molecule has 1 aromatic heterocycles. The summed E-state index contributed by atoms with van der Waals surface area (Å²) in [6.07, 6.45) is 1.75. The van der Waals surface area contributed by atoms with Crippen molar-refractivity contribution in [3.63, 3.8) is 0 Å². The fourth-order valence-corrected chi connectivity index (χ4v) is 4.20. The van der Waals surface area contributed by atoms with Crippen LogP contribution in [0.15, 0.2) is 52.9 Å². The number of hydrogen-bond acceptors (Lipinski definition) is 4. The first kappa shape index (κ1) is 21.3. The molecule has 0 saturated carbocycles. The molecule has 3 aromatic rings. The summed E-state index contributed by atoms with van der Waals surface area (Å²) in [5, 5.41) is 3.11. The standard InChI is InChI=1S/C26H31N3O2/c1-18-6-4-8-21(14-18)16-27-25(30)22-10-12-29(13-11-22)17-24-20(3)31-26(28-24)23-9-5-7-19(2)15-23/h4-9,14-15,22H,10-13,16-17H2,1-3H3,(H,27,30). The molecular weight excluding hydrogens is 386 g/mol. The van der Waals surface area contributed by atoms with Gasteiger partial charge in [0.2, 0.25) is 11.8 Å². The van der Waals surface area contributed by atoms with E-state index in [0.29, 0.717) is 12.4 Å². The van der Waals surface area contributed by atoms with Crippen molar-refractivity contribution in [2.45, 2.75) is 46.7 Å². The predicted octanol–water partition coefficient (Wildman–Crippen LogP) is 4.80. The number of nitrogens with zero attached hydrogens (tertiary/aromatic N) is 2. The minimum atomic E-state index is 0.0855. The van der Waals surface area contributed by atoms with Crippen molar-refractivity contribution in [2.75, 3.05) is 13.1 Å². The van der Waals surface area contributed by atoms with Gasteiger partial charge in [-0.3, -0.25) is 9.69 Å². The third kappa shape index (κ3) is 5.42. The molecule has 0 unspecified atom stereocenters. The summed E-state index contributed by atoms with van der Waals surface area (Å²) in [7, 11) is 0. The molecular formula is C26H31N3O2. The van der Waals surface area contributed by atoms with Gasteiger partial charge in [-0.05, 0) is 64.4 Å². The van der Waals surface area contributed by atoms with Crippen LogP contribution in [0.5, 0.6) is 0 Å². The number of aromatic nitrogens is 1. The summed E-state index contributed by atoms with van der Waals surface area (Å²) >= 11 is 0. The Morgan fingerprint density at radius 1 is 1.06 bits per heavy atom. The van der Waals surface area contributed by atoms with E-state index >= 15 is 0 Å². The molecule has 31 heavy (non-hydrogen) atoms. The Balaban J connectivity index is 1.29. The van der Waals surface area contributed by atoms with E-state index in [1.807, 2.05) is 25.1 Å². The highest BCUT2D eigenvalue weighted by atomic mass is 16.4. The van der Waals surface area contributed by atoms with Gasteiger partial charge in [0.1, 0.15) is 5.76 Å². The number of piperidine rings is 1. The number of nitrogens with one attached hydrogen (secondary N) is 1. The van der Waals surface area contributed by atoms with Crippen LogP contribution in [0.25, 0.3) is 11.5 Å². The van der Waals surface area contributed by atoms with Crippen molar-refractivity contribution >= 4 is 5.91 Å². The van der Waals surface area contributed by atoms with Crippen molar-refractivity contribution in [2.24, 2.45) is 5.92 Å². The molecule has 1 amide bonds. The molecule has 1 fully saturated rings. The van der Waals surface area contributed by atoms with Crippen molar-refractivity contribution in [3.05, 3.63) is 76.7 Å². The minimum absolute atomic E-state index is 0.0855. The normalized spacial score (nSPS) is 15.2. The Hall–Kier alpha value is -2.92. The maximum Gasteiger partial charge on any atom is 0.226 e. The van der Waals surface area contributed by atoms with Gasteiger partial charge < -0.3 is 9.73 Å². The molecule has 0 bridgehead atoms. The Morgan fingerprint density at radius 3 is 2.48 bits per heavy atom. The summed E-state index contributed by atoms with van der Waals surface area (Å²) in [6.45, 7) is 9.28. The van der Waals surface area contributed by atoms with Crippen LogP contribution >= 0.6 is 0 Å². The molecule has 0 spiro atoms.